The Hall–Kier alpha value is -3.40. The number of carbonyl (C=O) groups is 1. The third-order valence-electron chi connectivity index (χ3n) is 5.73. The molecule has 10 heteroatoms. The van der Waals surface area contributed by atoms with Gasteiger partial charge in [-0.1, -0.05) is 0 Å². The number of hydrogen-bond acceptors (Lipinski definition) is 5. The maximum atomic E-state index is 13.9. The summed E-state index contributed by atoms with van der Waals surface area (Å²) >= 11 is 0. The van der Waals surface area contributed by atoms with Crippen LogP contribution in [-0.4, -0.2) is 55.6 Å². The zero-order chi connectivity index (χ0) is 24.5. The van der Waals surface area contributed by atoms with Crippen molar-refractivity contribution in [1.29, 1.82) is 0 Å². The molecule has 0 radical (unpaired) electrons. The number of ether oxygens (including phenoxy) is 1. The summed E-state index contributed by atoms with van der Waals surface area (Å²) < 4.78 is 56.9. The van der Waals surface area contributed by atoms with Gasteiger partial charge in [-0.25, -0.2) is 9.37 Å². The first-order valence-electron chi connectivity index (χ1n) is 10.7. The summed E-state index contributed by atoms with van der Waals surface area (Å²) in [5.41, 5.74) is 1.19. The molecule has 1 aliphatic rings. The Morgan fingerprint density at radius 1 is 1.09 bits per heavy atom. The second-order valence-corrected chi connectivity index (χ2v) is 8.30. The molecule has 3 aromatic rings. The topological polar surface area (TPSA) is 57.7 Å². The van der Waals surface area contributed by atoms with Crippen LogP contribution in [0.15, 0.2) is 42.5 Å². The number of benzene rings is 2. The molecule has 0 unspecified atom stereocenters. The van der Waals surface area contributed by atoms with E-state index in [4.69, 9.17) is 9.72 Å². The molecule has 0 aliphatic carbocycles. The Labute approximate surface area is 194 Å². The summed E-state index contributed by atoms with van der Waals surface area (Å²) in [7, 11) is 2.09. The van der Waals surface area contributed by atoms with Crippen molar-refractivity contribution in [3.63, 3.8) is 0 Å². The highest BCUT2D eigenvalue weighted by molar-refractivity contribution is 5.95. The van der Waals surface area contributed by atoms with Gasteiger partial charge in [-0.3, -0.25) is 4.79 Å². The van der Waals surface area contributed by atoms with Gasteiger partial charge in [0.1, 0.15) is 5.82 Å². The summed E-state index contributed by atoms with van der Waals surface area (Å²) in [5.74, 6) is -1.27. The average molecular weight is 476 g/mol. The van der Waals surface area contributed by atoms with E-state index in [-0.39, 0.29) is 0 Å². The van der Waals surface area contributed by atoms with E-state index in [0.29, 0.717) is 17.8 Å². The van der Waals surface area contributed by atoms with Crippen molar-refractivity contribution < 1.29 is 27.1 Å². The number of alkyl halides is 3. The molecule has 0 spiro atoms. The van der Waals surface area contributed by atoms with Crippen LogP contribution < -0.4 is 15.0 Å². The number of carbonyl (C=O) groups excluding carboxylic acids is 1. The van der Waals surface area contributed by atoms with E-state index in [1.54, 1.807) is 12.1 Å². The molecule has 1 saturated heterocycles. The lowest BCUT2D eigenvalue weighted by Gasteiger charge is -2.33. The van der Waals surface area contributed by atoms with Crippen LogP contribution in [0.25, 0.3) is 10.9 Å². The number of halogens is 4. The zero-order valence-electron chi connectivity index (χ0n) is 18.7. The third-order valence-corrected chi connectivity index (χ3v) is 5.73. The van der Waals surface area contributed by atoms with Crippen LogP contribution >= 0.6 is 0 Å². The smallest absolute Gasteiger partial charge is 0.416 e. The lowest BCUT2D eigenvalue weighted by molar-refractivity contribution is -0.137. The second-order valence-electron chi connectivity index (χ2n) is 8.30. The van der Waals surface area contributed by atoms with Crippen LogP contribution in [0.2, 0.25) is 0 Å². The van der Waals surface area contributed by atoms with E-state index in [0.717, 1.165) is 54.5 Å². The van der Waals surface area contributed by atoms with Gasteiger partial charge in [-0.2, -0.15) is 13.2 Å². The van der Waals surface area contributed by atoms with Gasteiger partial charge in [0.15, 0.2) is 18.2 Å². The molecular formula is C24H24F4N4O2. The third kappa shape index (κ3) is 5.39. The molecular weight excluding hydrogens is 452 g/mol. The lowest BCUT2D eigenvalue weighted by Crippen LogP contribution is -2.44. The SMILES string of the molecule is Cc1cc(N2CCN(C)CC2)nc2ccc(NC(=O)COc3ccc(C(F)(F)F)cc3F)cc12. The minimum atomic E-state index is -4.66. The fourth-order valence-corrected chi connectivity index (χ4v) is 3.79. The van der Waals surface area contributed by atoms with Gasteiger partial charge in [-0.15, -0.1) is 0 Å². The second kappa shape index (κ2) is 9.46. The summed E-state index contributed by atoms with van der Waals surface area (Å²) in [4.78, 5) is 21.6. The van der Waals surface area contributed by atoms with E-state index in [1.165, 1.54) is 0 Å². The molecule has 2 heterocycles. The monoisotopic (exact) mass is 476 g/mol. The molecule has 0 saturated carbocycles. The van der Waals surface area contributed by atoms with E-state index < -0.39 is 35.8 Å². The van der Waals surface area contributed by atoms with Gasteiger partial charge in [-0.05, 0) is 62.0 Å². The van der Waals surface area contributed by atoms with Crippen LogP contribution in [0, 0.1) is 12.7 Å². The van der Waals surface area contributed by atoms with E-state index in [9.17, 15) is 22.4 Å². The fourth-order valence-electron chi connectivity index (χ4n) is 3.79. The van der Waals surface area contributed by atoms with Crippen LogP contribution in [-0.2, 0) is 11.0 Å². The van der Waals surface area contributed by atoms with Crippen molar-refractivity contribution in [3.8, 4) is 5.75 Å². The van der Waals surface area contributed by atoms with Crippen molar-refractivity contribution >= 4 is 28.3 Å². The Morgan fingerprint density at radius 3 is 2.50 bits per heavy atom. The van der Waals surface area contributed by atoms with E-state index >= 15 is 0 Å². The maximum absolute atomic E-state index is 13.9. The molecule has 34 heavy (non-hydrogen) atoms. The zero-order valence-corrected chi connectivity index (χ0v) is 18.7. The standard InChI is InChI=1S/C24H24F4N4O2/c1-15-11-22(32-9-7-31(2)8-10-32)30-20-5-4-17(13-18(15)20)29-23(33)14-34-21-6-3-16(12-19(21)25)24(26,27)28/h3-6,11-13H,7-10,14H2,1-2H3,(H,29,33). The van der Waals surface area contributed by atoms with Gasteiger partial charge in [0.25, 0.3) is 5.91 Å². The van der Waals surface area contributed by atoms with Gasteiger partial charge in [0.05, 0.1) is 11.1 Å². The van der Waals surface area contributed by atoms with Crippen LogP contribution in [0.1, 0.15) is 11.1 Å². The average Bonchev–Trinajstić information content (AvgIpc) is 2.78. The molecule has 1 amide bonds. The normalized spacial score (nSPS) is 14.9. The Kier molecular flexibility index (Phi) is 6.60. The van der Waals surface area contributed by atoms with Crippen molar-refractivity contribution in [2.24, 2.45) is 0 Å². The highest BCUT2D eigenvalue weighted by Gasteiger charge is 2.31. The number of hydrogen-bond donors (Lipinski definition) is 1. The fraction of sp³-hybridized carbons (Fsp3) is 0.333. The van der Waals surface area contributed by atoms with Crippen molar-refractivity contribution in [3.05, 3.63) is 59.4 Å². The number of aryl methyl sites for hydroxylation is 1. The Morgan fingerprint density at radius 2 is 1.82 bits per heavy atom. The highest BCUT2D eigenvalue weighted by atomic mass is 19.4. The van der Waals surface area contributed by atoms with Crippen molar-refractivity contribution in [2.45, 2.75) is 13.1 Å². The predicted octanol–water partition coefficient (Wildman–Crippen LogP) is 4.47. The number of pyridine rings is 1. The quantitative estimate of drug-likeness (QED) is 0.551. The first-order chi connectivity index (χ1) is 16.1. The molecule has 6 nitrogen and oxygen atoms in total. The van der Waals surface area contributed by atoms with Gasteiger partial charge in [0.2, 0.25) is 0 Å². The van der Waals surface area contributed by atoms with Gasteiger partial charge < -0.3 is 19.9 Å². The summed E-state index contributed by atoms with van der Waals surface area (Å²) in [6.45, 7) is 5.18. The summed E-state index contributed by atoms with van der Waals surface area (Å²) in [6, 6.07) is 9.23. The first kappa shape index (κ1) is 23.7. The highest BCUT2D eigenvalue weighted by Crippen LogP contribution is 2.32. The number of fused-ring (bicyclic) bond motifs is 1. The van der Waals surface area contributed by atoms with E-state index in [1.807, 2.05) is 19.1 Å². The molecule has 1 fully saturated rings. The van der Waals surface area contributed by atoms with Crippen LogP contribution in [0.5, 0.6) is 5.75 Å². The molecule has 1 N–H and O–H groups in total. The van der Waals surface area contributed by atoms with Gasteiger partial charge >= 0.3 is 6.18 Å². The van der Waals surface area contributed by atoms with Crippen molar-refractivity contribution in [2.75, 3.05) is 50.1 Å². The first-order valence-corrected chi connectivity index (χ1v) is 10.7. The van der Waals surface area contributed by atoms with E-state index in [2.05, 4.69) is 22.2 Å². The number of aromatic nitrogens is 1. The number of anilines is 2. The number of nitrogens with one attached hydrogen (secondary N) is 1. The minimum absolute atomic E-state index is 0.336. The number of likely N-dealkylation sites (N-methyl/N-ethyl adjacent to an activating group) is 1. The lowest BCUT2D eigenvalue weighted by atomic mass is 10.1. The predicted molar refractivity (Wildman–Crippen MR) is 122 cm³/mol. The molecule has 0 atom stereocenters. The van der Waals surface area contributed by atoms with Crippen molar-refractivity contribution in [1.82, 2.24) is 9.88 Å². The Bertz CT molecular complexity index is 1210. The number of amides is 1. The number of nitrogens with zero attached hydrogens (tertiary/aromatic N) is 3. The number of piperazine rings is 1. The molecule has 1 aliphatic heterocycles. The maximum Gasteiger partial charge on any atom is 0.416 e. The molecule has 0 bridgehead atoms. The Balaban J connectivity index is 1.41. The van der Waals surface area contributed by atoms with Crippen LogP contribution in [0.4, 0.5) is 29.1 Å². The summed E-state index contributed by atoms with van der Waals surface area (Å²) in [6.07, 6.45) is -4.66. The molecule has 180 valence electrons. The summed E-state index contributed by atoms with van der Waals surface area (Å²) in [5, 5.41) is 3.54. The number of rotatable bonds is 5. The minimum Gasteiger partial charge on any atom is -0.481 e. The molecule has 1 aromatic heterocycles. The molecule has 2 aromatic carbocycles. The van der Waals surface area contributed by atoms with Crippen LogP contribution in [0.3, 0.4) is 0 Å². The largest absolute Gasteiger partial charge is 0.481 e. The molecule has 4 rings (SSSR count). The van der Waals surface area contributed by atoms with Gasteiger partial charge in [0, 0.05) is 37.3 Å².